The van der Waals surface area contributed by atoms with Crippen molar-refractivity contribution in [1.29, 1.82) is 0 Å². The van der Waals surface area contributed by atoms with Gasteiger partial charge in [0.25, 0.3) is 0 Å². The van der Waals surface area contributed by atoms with Crippen molar-refractivity contribution in [3.63, 3.8) is 0 Å². The monoisotopic (exact) mass is 347 g/mol. The molecular formula is C18H21NO4S. The van der Waals surface area contributed by atoms with Gasteiger partial charge in [-0.05, 0) is 36.1 Å². The first-order chi connectivity index (χ1) is 11.3. The van der Waals surface area contributed by atoms with E-state index >= 15 is 0 Å². The van der Waals surface area contributed by atoms with E-state index < -0.39 is 20.6 Å². The summed E-state index contributed by atoms with van der Waals surface area (Å²) in [6, 6.07) is 11.1. The van der Waals surface area contributed by atoms with Gasteiger partial charge in [0.15, 0.2) is 14.6 Å². The van der Waals surface area contributed by atoms with Crippen LogP contribution in [-0.2, 0) is 21.1 Å². The minimum atomic E-state index is -4.08. The Labute approximate surface area is 142 Å². The number of benzene rings is 1. The number of aliphatic carboxylic acids is 1. The molecule has 2 aromatic rings. The summed E-state index contributed by atoms with van der Waals surface area (Å²) >= 11 is 0. The minimum Gasteiger partial charge on any atom is -0.480 e. The Bertz CT molecular complexity index is 788. The van der Waals surface area contributed by atoms with Crippen LogP contribution in [0.1, 0.15) is 25.8 Å². The number of carboxylic acid groups (broad SMARTS) is 1. The Balaban J connectivity index is 2.63. The topological polar surface area (TPSA) is 84.3 Å². The maximum atomic E-state index is 13.2. The van der Waals surface area contributed by atoms with Crippen LogP contribution in [0.3, 0.4) is 0 Å². The highest BCUT2D eigenvalue weighted by molar-refractivity contribution is 7.93. The molecule has 1 N–H and O–H groups in total. The second-order valence-electron chi connectivity index (χ2n) is 6.25. The third kappa shape index (κ3) is 3.48. The number of carbonyl (C=O) groups is 1. The molecule has 2 rings (SSSR count). The van der Waals surface area contributed by atoms with Crippen LogP contribution in [0.2, 0.25) is 0 Å². The van der Waals surface area contributed by atoms with E-state index in [1.807, 2.05) is 13.8 Å². The molecule has 128 valence electrons. The molecule has 0 amide bonds. The third-order valence-corrected chi connectivity index (χ3v) is 6.32. The molecular weight excluding hydrogens is 326 g/mol. The summed E-state index contributed by atoms with van der Waals surface area (Å²) in [5.74, 6) is -1.43. The van der Waals surface area contributed by atoms with E-state index in [9.17, 15) is 18.3 Å². The minimum absolute atomic E-state index is 0.0223. The van der Waals surface area contributed by atoms with Crippen LogP contribution in [0.25, 0.3) is 0 Å². The number of rotatable bonds is 7. The maximum absolute atomic E-state index is 13.2. The van der Waals surface area contributed by atoms with Crippen molar-refractivity contribution in [3.05, 3.63) is 60.4 Å². The van der Waals surface area contributed by atoms with Crippen molar-refractivity contribution in [3.8, 4) is 0 Å². The van der Waals surface area contributed by atoms with Crippen molar-refractivity contribution in [2.75, 3.05) is 0 Å². The number of sulfone groups is 1. The Morgan fingerprint density at radius 2 is 1.83 bits per heavy atom. The Morgan fingerprint density at radius 3 is 2.33 bits per heavy atom. The highest BCUT2D eigenvalue weighted by Gasteiger charge is 2.51. The molecule has 0 bridgehead atoms. The smallest absolute Gasteiger partial charge is 0.325 e. The van der Waals surface area contributed by atoms with Crippen LogP contribution in [0.4, 0.5) is 0 Å². The molecule has 0 radical (unpaired) electrons. The van der Waals surface area contributed by atoms with Crippen LogP contribution in [0.15, 0.2) is 59.8 Å². The second kappa shape index (κ2) is 7.13. The zero-order chi connectivity index (χ0) is 17.8. The van der Waals surface area contributed by atoms with Gasteiger partial charge >= 0.3 is 5.97 Å². The predicted molar refractivity (Wildman–Crippen MR) is 91.4 cm³/mol. The van der Waals surface area contributed by atoms with Crippen molar-refractivity contribution < 1.29 is 18.3 Å². The molecule has 0 saturated carbocycles. The van der Waals surface area contributed by atoms with Crippen molar-refractivity contribution in [1.82, 2.24) is 4.98 Å². The van der Waals surface area contributed by atoms with E-state index in [-0.39, 0.29) is 23.7 Å². The van der Waals surface area contributed by atoms with Crippen LogP contribution < -0.4 is 0 Å². The van der Waals surface area contributed by atoms with Gasteiger partial charge in [-0.3, -0.25) is 9.78 Å². The molecule has 1 aromatic heterocycles. The number of hydrogen-bond donors (Lipinski definition) is 1. The van der Waals surface area contributed by atoms with Gasteiger partial charge in [-0.25, -0.2) is 8.42 Å². The lowest BCUT2D eigenvalue weighted by Gasteiger charge is -2.31. The summed E-state index contributed by atoms with van der Waals surface area (Å²) < 4.78 is 24.5. The predicted octanol–water partition coefficient (Wildman–Crippen LogP) is 2.97. The lowest BCUT2D eigenvalue weighted by molar-refractivity contribution is -0.140. The standard InChI is InChI=1S/C18H21NO4S/c1-14(2)11-18(17(20)21,12-15-7-6-10-19-13-15)24(22,23)16-8-4-3-5-9-16/h3-10,13-14H,11-12H2,1-2H3,(H,20,21). The number of pyridine rings is 1. The van der Waals surface area contributed by atoms with Gasteiger partial charge in [0.2, 0.25) is 0 Å². The number of hydrogen-bond acceptors (Lipinski definition) is 4. The van der Waals surface area contributed by atoms with Gasteiger partial charge < -0.3 is 5.11 Å². The Hall–Kier alpha value is -2.21. The summed E-state index contributed by atoms with van der Waals surface area (Å²) in [6.07, 6.45) is 2.98. The van der Waals surface area contributed by atoms with Crippen LogP contribution >= 0.6 is 0 Å². The summed E-state index contributed by atoms with van der Waals surface area (Å²) in [6.45, 7) is 3.64. The summed E-state index contributed by atoms with van der Waals surface area (Å²) in [5.41, 5.74) is 0.583. The molecule has 1 unspecified atom stereocenters. The SMILES string of the molecule is CC(C)CC(Cc1cccnc1)(C(=O)O)S(=O)(=O)c1ccccc1. The molecule has 0 aliphatic rings. The average molecular weight is 347 g/mol. The largest absolute Gasteiger partial charge is 0.480 e. The Morgan fingerprint density at radius 1 is 1.17 bits per heavy atom. The summed E-state index contributed by atoms with van der Waals surface area (Å²) in [5, 5.41) is 9.93. The highest BCUT2D eigenvalue weighted by atomic mass is 32.2. The number of carboxylic acids is 1. The maximum Gasteiger partial charge on any atom is 0.325 e. The van der Waals surface area contributed by atoms with E-state index in [4.69, 9.17) is 0 Å². The van der Waals surface area contributed by atoms with Gasteiger partial charge in [-0.2, -0.15) is 0 Å². The van der Waals surface area contributed by atoms with Gasteiger partial charge in [0, 0.05) is 18.8 Å². The van der Waals surface area contributed by atoms with E-state index in [1.165, 1.54) is 18.3 Å². The molecule has 1 atom stereocenters. The first kappa shape index (κ1) is 18.1. The average Bonchev–Trinajstić information content (AvgIpc) is 2.55. The fourth-order valence-corrected chi connectivity index (χ4v) is 4.98. The van der Waals surface area contributed by atoms with Crippen molar-refractivity contribution in [2.24, 2.45) is 5.92 Å². The molecule has 1 heterocycles. The molecule has 0 fully saturated rings. The van der Waals surface area contributed by atoms with Crippen molar-refractivity contribution in [2.45, 2.75) is 36.3 Å². The van der Waals surface area contributed by atoms with Crippen LogP contribution in [-0.4, -0.2) is 29.2 Å². The van der Waals surface area contributed by atoms with Gasteiger partial charge in [0.05, 0.1) is 4.90 Å². The van der Waals surface area contributed by atoms with E-state index in [0.29, 0.717) is 5.56 Å². The number of nitrogens with zero attached hydrogens (tertiary/aromatic N) is 1. The van der Waals surface area contributed by atoms with E-state index in [0.717, 1.165) is 0 Å². The number of aromatic nitrogens is 1. The second-order valence-corrected chi connectivity index (χ2v) is 8.51. The highest BCUT2D eigenvalue weighted by Crippen LogP contribution is 2.35. The molecule has 0 saturated heterocycles. The molecule has 0 aliphatic carbocycles. The lowest BCUT2D eigenvalue weighted by atomic mass is 9.90. The molecule has 1 aromatic carbocycles. The lowest BCUT2D eigenvalue weighted by Crippen LogP contribution is -2.49. The molecule has 0 spiro atoms. The zero-order valence-corrected chi connectivity index (χ0v) is 14.5. The first-order valence-corrected chi connectivity index (χ1v) is 9.20. The quantitative estimate of drug-likeness (QED) is 0.832. The zero-order valence-electron chi connectivity index (χ0n) is 13.7. The Kier molecular flexibility index (Phi) is 5.39. The first-order valence-electron chi connectivity index (χ1n) is 7.71. The third-order valence-electron chi connectivity index (χ3n) is 3.91. The van der Waals surface area contributed by atoms with Gasteiger partial charge in [-0.15, -0.1) is 0 Å². The van der Waals surface area contributed by atoms with Crippen molar-refractivity contribution >= 4 is 15.8 Å². The molecule has 5 nitrogen and oxygen atoms in total. The molecule has 0 aliphatic heterocycles. The van der Waals surface area contributed by atoms with Crippen LogP contribution in [0.5, 0.6) is 0 Å². The fourth-order valence-electron chi connectivity index (χ4n) is 2.87. The molecule has 24 heavy (non-hydrogen) atoms. The van der Waals surface area contributed by atoms with Gasteiger partial charge in [-0.1, -0.05) is 38.1 Å². The van der Waals surface area contributed by atoms with E-state index in [1.54, 1.807) is 36.5 Å². The molecule has 6 heteroatoms. The fraction of sp³-hybridized carbons (Fsp3) is 0.333. The summed E-state index contributed by atoms with van der Waals surface area (Å²) in [4.78, 5) is 16.2. The normalized spacial score (nSPS) is 14.3. The van der Waals surface area contributed by atoms with E-state index in [2.05, 4.69) is 4.98 Å². The van der Waals surface area contributed by atoms with Crippen LogP contribution in [0, 0.1) is 5.92 Å². The summed E-state index contributed by atoms with van der Waals surface area (Å²) in [7, 11) is -4.08. The van der Waals surface area contributed by atoms with Gasteiger partial charge in [0.1, 0.15) is 0 Å².